The minimum Gasteiger partial charge on any atom is -0.487 e. The van der Waals surface area contributed by atoms with Gasteiger partial charge in [-0.2, -0.15) is 8.75 Å². The van der Waals surface area contributed by atoms with E-state index in [2.05, 4.69) is 44.8 Å². The first kappa shape index (κ1) is 20.5. The van der Waals surface area contributed by atoms with E-state index in [1.165, 1.54) is 22.9 Å². The lowest BCUT2D eigenvalue weighted by molar-refractivity contribution is 0.0628. The molecule has 1 saturated heterocycles. The molecule has 0 radical (unpaired) electrons. The maximum absolute atomic E-state index is 12.9. The Labute approximate surface area is 181 Å². The molecule has 0 aliphatic carbocycles. The summed E-state index contributed by atoms with van der Waals surface area (Å²) in [6.07, 6.45) is 0. The maximum atomic E-state index is 12.9. The predicted molar refractivity (Wildman–Crippen MR) is 118 cm³/mol. The zero-order valence-electron chi connectivity index (χ0n) is 17.4. The molecule has 6 nitrogen and oxygen atoms in total. The summed E-state index contributed by atoms with van der Waals surface area (Å²) in [5.41, 5.74) is 5.12. The highest BCUT2D eigenvalue weighted by Crippen LogP contribution is 2.18. The van der Waals surface area contributed by atoms with Crippen LogP contribution in [0.25, 0.3) is 0 Å². The lowest BCUT2D eigenvalue weighted by Crippen LogP contribution is -2.48. The molecule has 0 spiro atoms. The van der Waals surface area contributed by atoms with Crippen LogP contribution in [0.5, 0.6) is 5.75 Å². The molecule has 156 valence electrons. The van der Waals surface area contributed by atoms with Crippen molar-refractivity contribution in [1.29, 1.82) is 0 Å². The van der Waals surface area contributed by atoms with Crippen molar-refractivity contribution in [2.75, 3.05) is 26.2 Å². The van der Waals surface area contributed by atoms with Gasteiger partial charge < -0.3 is 9.64 Å². The first-order valence-corrected chi connectivity index (χ1v) is 10.9. The number of benzene rings is 2. The summed E-state index contributed by atoms with van der Waals surface area (Å²) in [7, 11) is 0. The monoisotopic (exact) mass is 422 g/mol. The Morgan fingerprint density at radius 1 is 1.00 bits per heavy atom. The number of piperazine rings is 1. The summed E-state index contributed by atoms with van der Waals surface area (Å²) in [6.45, 7) is 8.68. The van der Waals surface area contributed by atoms with Gasteiger partial charge in [0, 0.05) is 38.3 Å². The summed E-state index contributed by atoms with van der Waals surface area (Å²) < 4.78 is 14.1. The lowest BCUT2D eigenvalue weighted by Gasteiger charge is -2.35. The first-order valence-electron chi connectivity index (χ1n) is 10.2. The van der Waals surface area contributed by atoms with Crippen molar-refractivity contribution in [3.05, 3.63) is 76.6 Å². The van der Waals surface area contributed by atoms with E-state index in [1.807, 2.05) is 36.1 Å². The van der Waals surface area contributed by atoms with Crippen molar-refractivity contribution < 1.29 is 9.53 Å². The standard InChI is InChI=1S/C23H26N4O2S/c1-17-5-3-4-6-20(17)15-26-11-13-27(14-12-26)23(28)19-7-9-21(10-8-19)29-16-22-18(2)24-30-25-22/h3-10H,11-16H2,1-2H3. The largest absolute Gasteiger partial charge is 0.487 e. The van der Waals surface area contributed by atoms with Gasteiger partial charge in [-0.1, -0.05) is 24.3 Å². The van der Waals surface area contributed by atoms with Gasteiger partial charge in [0.25, 0.3) is 5.91 Å². The van der Waals surface area contributed by atoms with Gasteiger partial charge in [-0.25, -0.2) is 0 Å². The van der Waals surface area contributed by atoms with Gasteiger partial charge >= 0.3 is 0 Å². The number of rotatable bonds is 6. The molecule has 4 rings (SSSR count). The fourth-order valence-corrected chi connectivity index (χ4v) is 4.10. The Balaban J connectivity index is 1.28. The van der Waals surface area contributed by atoms with Crippen LogP contribution in [-0.4, -0.2) is 50.6 Å². The molecule has 0 atom stereocenters. The van der Waals surface area contributed by atoms with E-state index in [0.717, 1.165) is 49.9 Å². The molecular formula is C23H26N4O2S. The second kappa shape index (κ2) is 9.36. The molecule has 1 aromatic heterocycles. The number of aryl methyl sites for hydroxylation is 2. The number of nitrogens with zero attached hydrogens (tertiary/aromatic N) is 4. The smallest absolute Gasteiger partial charge is 0.253 e. The molecule has 0 bridgehead atoms. The highest BCUT2D eigenvalue weighted by molar-refractivity contribution is 6.99. The van der Waals surface area contributed by atoms with Gasteiger partial charge in [-0.15, -0.1) is 0 Å². The van der Waals surface area contributed by atoms with Crippen molar-refractivity contribution >= 4 is 17.6 Å². The number of hydrogen-bond donors (Lipinski definition) is 0. The Bertz CT molecular complexity index is 994. The number of hydrogen-bond acceptors (Lipinski definition) is 6. The van der Waals surface area contributed by atoms with Crippen molar-refractivity contribution in [3.8, 4) is 5.75 Å². The van der Waals surface area contributed by atoms with E-state index in [4.69, 9.17) is 4.74 Å². The number of aromatic nitrogens is 2. The first-order chi connectivity index (χ1) is 14.6. The summed E-state index contributed by atoms with van der Waals surface area (Å²) >= 11 is 1.19. The second-order valence-electron chi connectivity index (χ2n) is 7.60. The molecule has 1 fully saturated rings. The van der Waals surface area contributed by atoms with Gasteiger partial charge in [0.1, 0.15) is 18.1 Å². The summed E-state index contributed by atoms with van der Waals surface area (Å²) in [5, 5.41) is 0. The molecule has 30 heavy (non-hydrogen) atoms. The average molecular weight is 423 g/mol. The number of carbonyl (C=O) groups is 1. The molecule has 2 aromatic carbocycles. The molecule has 1 aliphatic heterocycles. The highest BCUT2D eigenvalue weighted by Gasteiger charge is 2.22. The van der Waals surface area contributed by atoms with E-state index in [0.29, 0.717) is 12.2 Å². The van der Waals surface area contributed by atoms with Crippen LogP contribution in [0.2, 0.25) is 0 Å². The van der Waals surface area contributed by atoms with E-state index in [1.54, 1.807) is 0 Å². The summed E-state index contributed by atoms with van der Waals surface area (Å²) in [4.78, 5) is 17.2. The third-order valence-electron chi connectivity index (χ3n) is 5.54. The van der Waals surface area contributed by atoms with Crippen LogP contribution in [-0.2, 0) is 13.2 Å². The van der Waals surface area contributed by atoms with E-state index >= 15 is 0 Å². The van der Waals surface area contributed by atoms with Crippen molar-refractivity contribution in [1.82, 2.24) is 18.5 Å². The van der Waals surface area contributed by atoms with Crippen LogP contribution in [0, 0.1) is 13.8 Å². The maximum Gasteiger partial charge on any atom is 0.253 e. The van der Waals surface area contributed by atoms with Gasteiger partial charge in [-0.3, -0.25) is 9.69 Å². The molecule has 7 heteroatoms. The molecule has 0 saturated carbocycles. The molecule has 0 N–H and O–H groups in total. The van der Waals surface area contributed by atoms with E-state index in [9.17, 15) is 4.79 Å². The van der Waals surface area contributed by atoms with Gasteiger partial charge in [0.2, 0.25) is 0 Å². The van der Waals surface area contributed by atoms with Crippen molar-refractivity contribution in [2.45, 2.75) is 27.0 Å². The molecule has 1 amide bonds. The highest BCUT2D eigenvalue weighted by atomic mass is 32.1. The minimum atomic E-state index is 0.0802. The summed E-state index contributed by atoms with van der Waals surface area (Å²) in [6, 6.07) is 15.9. The van der Waals surface area contributed by atoms with Crippen LogP contribution < -0.4 is 4.74 Å². The molecule has 0 unspecified atom stereocenters. The Kier molecular flexibility index (Phi) is 6.40. The van der Waals surface area contributed by atoms with Crippen molar-refractivity contribution in [2.24, 2.45) is 0 Å². The number of ether oxygens (including phenoxy) is 1. The zero-order valence-corrected chi connectivity index (χ0v) is 18.2. The fraction of sp³-hybridized carbons (Fsp3) is 0.348. The molecular weight excluding hydrogens is 396 g/mol. The molecule has 2 heterocycles. The third kappa shape index (κ3) is 4.86. The Morgan fingerprint density at radius 2 is 1.73 bits per heavy atom. The van der Waals surface area contributed by atoms with E-state index in [-0.39, 0.29) is 5.91 Å². The predicted octanol–water partition coefficient (Wildman–Crippen LogP) is 3.69. The minimum absolute atomic E-state index is 0.0802. The normalized spacial score (nSPS) is 14.7. The van der Waals surface area contributed by atoms with Crippen LogP contribution >= 0.6 is 11.7 Å². The Hall–Kier alpha value is -2.77. The Morgan fingerprint density at radius 3 is 2.40 bits per heavy atom. The molecule has 1 aliphatic rings. The van der Waals surface area contributed by atoms with Crippen LogP contribution in [0.4, 0.5) is 0 Å². The van der Waals surface area contributed by atoms with Gasteiger partial charge in [0.05, 0.1) is 17.4 Å². The topological polar surface area (TPSA) is 58.6 Å². The molecule has 3 aromatic rings. The van der Waals surface area contributed by atoms with E-state index < -0.39 is 0 Å². The number of carbonyl (C=O) groups excluding carboxylic acids is 1. The SMILES string of the molecule is Cc1ccccc1CN1CCN(C(=O)c2ccc(OCc3nsnc3C)cc2)CC1. The zero-order chi connectivity index (χ0) is 20.9. The lowest BCUT2D eigenvalue weighted by atomic mass is 10.1. The van der Waals surface area contributed by atoms with Crippen LogP contribution in [0.3, 0.4) is 0 Å². The third-order valence-corrected chi connectivity index (χ3v) is 6.20. The van der Waals surface area contributed by atoms with Crippen LogP contribution in [0.1, 0.15) is 32.9 Å². The summed E-state index contributed by atoms with van der Waals surface area (Å²) in [5.74, 6) is 0.804. The number of amides is 1. The average Bonchev–Trinajstić information content (AvgIpc) is 3.19. The van der Waals surface area contributed by atoms with Crippen LogP contribution in [0.15, 0.2) is 48.5 Å². The second-order valence-corrected chi connectivity index (χ2v) is 8.13. The quantitative estimate of drug-likeness (QED) is 0.606. The fourth-order valence-electron chi connectivity index (χ4n) is 3.55. The van der Waals surface area contributed by atoms with Gasteiger partial charge in [0.15, 0.2) is 0 Å². The van der Waals surface area contributed by atoms with Crippen molar-refractivity contribution in [3.63, 3.8) is 0 Å². The van der Waals surface area contributed by atoms with Gasteiger partial charge in [-0.05, 0) is 49.2 Å².